The van der Waals surface area contributed by atoms with Crippen molar-refractivity contribution >= 4 is 17.8 Å². The molecule has 6 heteroatoms. The normalized spacial score (nSPS) is 10.0. The Hall–Kier alpha value is -2.37. The van der Waals surface area contributed by atoms with Crippen molar-refractivity contribution in [2.24, 2.45) is 0 Å². The smallest absolute Gasteiger partial charge is 0.303 e. The number of rotatable bonds is 9. The summed E-state index contributed by atoms with van der Waals surface area (Å²) in [5, 5.41) is 11.0. The summed E-state index contributed by atoms with van der Waals surface area (Å²) in [5.41, 5.74) is 1.03. The number of nitrogens with one attached hydrogen (secondary N) is 1. The van der Waals surface area contributed by atoms with Gasteiger partial charge in [-0.1, -0.05) is 30.3 Å². The zero-order chi connectivity index (χ0) is 16.4. The summed E-state index contributed by atoms with van der Waals surface area (Å²) < 4.78 is 0. The third kappa shape index (κ3) is 7.42. The van der Waals surface area contributed by atoms with Crippen LogP contribution in [0, 0.1) is 0 Å². The molecule has 0 atom stereocenters. The third-order valence-electron chi connectivity index (χ3n) is 3.17. The maximum Gasteiger partial charge on any atom is 0.303 e. The number of hydrogen-bond donors (Lipinski definition) is 2. The van der Waals surface area contributed by atoms with Crippen molar-refractivity contribution in [3.05, 3.63) is 35.9 Å². The average Bonchev–Trinajstić information content (AvgIpc) is 2.50. The van der Waals surface area contributed by atoms with Gasteiger partial charge in [-0.15, -0.1) is 0 Å². The van der Waals surface area contributed by atoms with Gasteiger partial charge in [-0.25, -0.2) is 0 Å². The lowest BCUT2D eigenvalue weighted by Gasteiger charge is -2.17. The molecule has 1 aromatic rings. The minimum Gasteiger partial charge on any atom is -0.481 e. The molecule has 0 radical (unpaired) electrons. The highest BCUT2D eigenvalue weighted by Crippen LogP contribution is 2.03. The molecular weight excluding hydrogens is 284 g/mol. The molecule has 2 amide bonds. The number of carbonyl (C=O) groups excluding carboxylic acids is 2. The number of amides is 2. The van der Waals surface area contributed by atoms with Crippen LogP contribution in [0.25, 0.3) is 0 Å². The molecular formula is C16H22N2O4. The van der Waals surface area contributed by atoms with E-state index in [1.165, 1.54) is 0 Å². The fourth-order valence-corrected chi connectivity index (χ4v) is 1.90. The van der Waals surface area contributed by atoms with E-state index in [0.717, 1.165) is 5.56 Å². The van der Waals surface area contributed by atoms with Gasteiger partial charge in [0.25, 0.3) is 0 Å². The zero-order valence-corrected chi connectivity index (χ0v) is 12.7. The summed E-state index contributed by atoms with van der Waals surface area (Å²) in [4.78, 5) is 35.3. The minimum absolute atomic E-state index is 0.0406. The molecule has 0 heterocycles. The molecule has 0 aliphatic carbocycles. The predicted molar refractivity (Wildman–Crippen MR) is 82.0 cm³/mol. The first-order chi connectivity index (χ1) is 10.5. The lowest BCUT2D eigenvalue weighted by molar-refractivity contribution is -0.137. The van der Waals surface area contributed by atoms with Crippen molar-refractivity contribution in [3.63, 3.8) is 0 Å². The van der Waals surface area contributed by atoms with Crippen LogP contribution in [0.2, 0.25) is 0 Å². The van der Waals surface area contributed by atoms with E-state index in [9.17, 15) is 14.4 Å². The minimum atomic E-state index is -0.863. The molecule has 1 rings (SSSR count). The van der Waals surface area contributed by atoms with Crippen LogP contribution in [0.15, 0.2) is 30.3 Å². The molecule has 120 valence electrons. The molecule has 0 fully saturated rings. The second kappa shape index (κ2) is 9.55. The van der Waals surface area contributed by atoms with Crippen LogP contribution in [0.5, 0.6) is 0 Å². The van der Waals surface area contributed by atoms with E-state index in [4.69, 9.17) is 5.11 Å². The lowest BCUT2D eigenvalue weighted by atomic mass is 10.2. The number of hydrogen-bond acceptors (Lipinski definition) is 3. The monoisotopic (exact) mass is 306 g/mol. The lowest BCUT2D eigenvalue weighted by Crippen LogP contribution is -2.37. The Kier molecular flexibility index (Phi) is 7.67. The molecule has 0 aliphatic rings. The van der Waals surface area contributed by atoms with Crippen molar-refractivity contribution in [3.8, 4) is 0 Å². The molecule has 22 heavy (non-hydrogen) atoms. The number of benzene rings is 1. The van der Waals surface area contributed by atoms with Gasteiger partial charge in [-0.2, -0.15) is 0 Å². The molecule has 0 saturated heterocycles. The molecule has 0 aliphatic heterocycles. The summed E-state index contributed by atoms with van der Waals surface area (Å²) in [7, 11) is 1.69. The Morgan fingerprint density at radius 2 is 1.73 bits per heavy atom. The highest BCUT2D eigenvalue weighted by Gasteiger charge is 2.11. The van der Waals surface area contributed by atoms with E-state index in [1.54, 1.807) is 11.9 Å². The number of nitrogens with zero attached hydrogens (tertiary/aromatic N) is 1. The van der Waals surface area contributed by atoms with Crippen LogP contribution in [0.1, 0.15) is 31.2 Å². The Morgan fingerprint density at radius 1 is 1.09 bits per heavy atom. The topological polar surface area (TPSA) is 86.7 Å². The van der Waals surface area contributed by atoms with Crippen LogP contribution in [0.4, 0.5) is 0 Å². The van der Waals surface area contributed by atoms with Gasteiger partial charge < -0.3 is 15.3 Å². The molecule has 0 aromatic heterocycles. The van der Waals surface area contributed by atoms with E-state index >= 15 is 0 Å². The van der Waals surface area contributed by atoms with E-state index in [1.807, 2.05) is 30.3 Å². The van der Waals surface area contributed by atoms with Gasteiger partial charge in [0, 0.05) is 26.4 Å². The van der Waals surface area contributed by atoms with Crippen LogP contribution < -0.4 is 5.32 Å². The number of carboxylic acids is 1. The van der Waals surface area contributed by atoms with Crippen molar-refractivity contribution in [2.75, 3.05) is 13.6 Å². The van der Waals surface area contributed by atoms with Crippen molar-refractivity contribution < 1.29 is 19.5 Å². The van der Waals surface area contributed by atoms with Crippen molar-refractivity contribution in [2.45, 2.75) is 32.2 Å². The molecule has 0 bridgehead atoms. The first kappa shape index (κ1) is 17.7. The highest BCUT2D eigenvalue weighted by molar-refractivity contribution is 5.84. The van der Waals surface area contributed by atoms with Gasteiger partial charge in [0.1, 0.15) is 0 Å². The SMILES string of the molecule is CN(Cc1ccccc1)C(=O)CNC(=O)CCCCC(=O)O. The van der Waals surface area contributed by atoms with Crippen LogP contribution in [-0.4, -0.2) is 41.4 Å². The fourth-order valence-electron chi connectivity index (χ4n) is 1.90. The van der Waals surface area contributed by atoms with E-state index in [-0.39, 0.29) is 31.2 Å². The van der Waals surface area contributed by atoms with E-state index in [0.29, 0.717) is 19.4 Å². The number of aliphatic carboxylic acids is 1. The molecule has 0 unspecified atom stereocenters. The Balaban J connectivity index is 2.21. The van der Waals surface area contributed by atoms with Crippen molar-refractivity contribution in [1.29, 1.82) is 0 Å². The van der Waals surface area contributed by atoms with Crippen LogP contribution >= 0.6 is 0 Å². The van der Waals surface area contributed by atoms with Gasteiger partial charge >= 0.3 is 5.97 Å². The first-order valence-electron chi connectivity index (χ1n) is 7.25. The third-order valence-corrected chi connectivity index (χ3v) is 3.17. The maximum atomic E-state index is 11.9. The van der Waals surface area contributed by atoms with Gasteiger partial charge in [-0.3, -0.25) is 14.4 Å². The van der Waals surface area contributed by atoms with Crippen LogP contribution in [0.3, 0.4) is 0 Å². The molecule has 1 aromatic carbocycles. The van der Waals surface area contributed by atoms with Gasteiger partial charge in [-0.05, 0) is 18.4 Å². The number of carboxylic acid groups (broad SMARTS) is 1. The van der Waals surface area contributed by atoms with Gasteiger partial charge in [0.15, 0.2) is 0 Å². The summed E-state index contributed by atoms with van der Waals surface area (Å²) in [6.07, 6.45) is 1.27. The zero-order valence-electron chi connectivity index (χ0n) is 12.7. The largest absolute Gasteiger partial charge is 0.481 e. The summed E-state index contributed by atoms with van der Waals surface area (Å²) in [6, 6.07) is 9.60. The number of likely N-dealkylation sites (N-methyl/N-ethyl adjacent to an activating group) is 1. The summed E-state index contributed by atoms with van der Waals surface area (Å²) in [5.74, 6) is -1.26. The Bertz CT molecular complexity index is 502. The van der Waals surface area contributed by atoms with Gasteiger partial charge in [0.05, 0.1) is 6.54 Å². The Morgan fingerprint density at radius 3 is 2.36 bits per heavy atom. The summed E-state index contributed by atoms with van der Waals surface area (Å²) in [6.45, 7) is 0.454. The molecule has 0 spiro atoms. The van der Waals surface area contributed by atoms with E-state index in [2.05, 4.69) is 5.32 Å². The second-order valence-electron chi connectivity index (χ2n) is 5.11. The highest BCUT2D eigenvalue weighted by atomic mass is 16.4. The standard InChI is InChI=1S/C16H22N2O4/c1-18(12-13-7-3-2-4-8-13)15(20)11-17-14(19)9-5-6-10-16(21)22/h2-4,7-8H,5-6,9-12H2,1H3,(H,17,19)(H,21,22). The van der Waals surface area contributed by atoms with Gasteiger partial charge in [0.2, 0.25) is 11.8 Å². The van der Waals surface area contributed by atoms with Crippen molar-refractivity contribution in [1.82, 2.24) is 10.2 Å². The van der Waals surface area contributed by atoms with E-state index < -0.39 is 5.97 Å². The predicted octanol–water partition coefficient (Wildman–Crippen LogP) is 1.41. The first-order valence-corrected chi connectivity index (χ1v) is 7.25. The fraction of sp³-hybridized carbons (Fsp3) is 0.438. The maximum absolute atomic E-state index is 11.9. The molecule has 6 nitrogen and oxygen atoms in total. The quantitative estimate of drug-likeness (QED) is 0.675. The molecule has 0 saturated carbocycles. The second-order valence-corrected chi connectivity index (χ2v) is 5.11. The van der Waals surface area contributed by atoms with Crippen LogP contribution in [-0.2, 0) is 20.9 Å². The Labute approximate surface area is 130 Å². The summed E-state index contributed by atoms with van der Waals surface area (Å²) >= 11 is 0. The molecule has 2 N–H and O–H groups in total. The number of carbonyl (C=O) groups is 3. The average molecular weight is 306 g/mol. The number of unbranched alkanes of at least 4 members (excludes halogenated alkanes) is 1.